The Morgan fingerprint density at radius 1 is 1.30 bits per heavy atom. The lowest BCUT2D eigenvalue weighted by Crippen LogP contribution is -2.29. The van der Waals surface area contributed by atoms with Crippen molar-refractivity contribution in [1.29, 1.82) is 0 Å². The zero-order chi connectivity index (χ0) is 19.2. The van der Waals surface area contributed by atoms with Gasteiger partial charge >= 0.3 is 0 Å². The van der Waals surface area contributed by atoms with Gasteiger partial charge in [0.1, 0.15) is 11.9 Å². The van der Waals surface area contributed by atoms with Crippen LogP contribution in [-0.2, 0) is 9.53 Å². The molecule has 0 aliphatic carbocycles. The minimum Gasteiger partial charge on any atom is -0.494 e. The Bertz CT molecular complexity index is 813. The van der Waals surface area contributed by atoms with E-state index in [1.165, 1.54) is 13.3 Å². The number of nitrogens with one attached hydrogen (secondary N) is 2. The molecule has 1 aliphatic rings. The van der Waals surface area contributed by atoms with Crippen LogP contribution in [0.15, 0.2) is 42.7 Å². The van der Waals surface area contributed by atoms with Crippen LogP contribution in [0.25, 0.3) is 0 Å². The number of carbonyl (C=O) groups is 2. The Labute approximate surface area is 157 Å². The van der Waals surface area contributed by atoms with Crippen molar-refractivity contribution < 1.29 is 19.1 Å². The number of aromatic nitrogens is 1. The van der Waals surface area contributed by atoms with Crippen LogP contribution in [0.2, 0.25) is 0 Å². The van der Waals surface area contributed by atoms with Crippen molar-refractivity contribution >= 4 is 23.2 Å². The number of ether oxygens (including phenoxy) is 2. The summed E-state index contributed by atoms with van der Waals surface area (Å²) in [5.41, 5.74) is 7.05. The lowest BCUT2D eigenvalue weighted by molar-refractivity contribution is -0.126. The monoisotopic (exact) mass is 370 g/mol. The molecule has 8 nitrogen and oxygen atoms in total. The van der Waals surface area contributed by atoms with Crippen LogP contribution in [0.5, 0.6) is 5.75 Å². The van der Waals surface area contributed by atoms with Crippen molar-refractivity contribution in [2.75, 3.05) is 24.3 Å². The third-order valence-corrected chi connectivity index (χ3v) is 4.30. The summed E-state index contributed by atoms with van der Waals surface area (Å²) in [6.07, 6.45) is 3.92. The van der Waals surface area contributed by atoms with Crippen molar-refractivity contribution in [3.63, 3.8) is 0 Å². The summed E-state index contributed by atoms with van der Waals surface area (Å²) in [5, 5.41) is 5.58. The summed E-state index contributed by atoms with van der Waals surface area (Å²) in [6, 6.07) is 8.35. The molecule has 142 valence electrons. The lowest BCUT2D eigenvalue weighted by atomic mass is 10.2. The predicted molar refractivity (Wildman–Crippen MR) is 101 cm³/mol. The molecule has 1 fully saturated rings. The fourth-order valence-corrected chi connectivity index (χ4v) is 2.86. The molecule has 2 amide bonds. The minimum absolute atomic E-state index is 0.0691. The van der Waals surface area contributed by atoms with Crippen LogP contribution in [0.4, 0.5) is 11.4 Å². The molecule has 2 aromatic rings. The van der Waals surface area contributed by atoms with Crippen molar-refractivity contribution in [2.45, 2.75) is 25.0 Å². The first-order valence-electron chi connectivity index (χ1n) is 8.66. The van der Waals surface area contributed by atoms with Gasteiger partial charge in [-0.25, -0.2) is 0 Å². The highest BCUT2D eigenvalue weighted by atomic mass is 16.5. The van der Waals surface area contributed by atoms with Gasteiger partial charge in [-0.3, -0.25) is 14.6 Å². The molecule has 2 atom stereocenters. The number of benzene rings is 1. The fraction of sp³-hybridized carbons (Fsp3) is 0.316. The maximum atomic E-state index is 12.3. The largest absolute Gasteiger partial charge is 0.494 e. The molecule has 2 heterocycles. The Hall–Kier alpha value is -2.97. The van der Waals surface area contributed by atoms with E-state index in [1.807, 2.05) is 0 Å². The third-order valence-electron chi connectivity index (χ3n) is 4.30. The Morgan fingerprint density at radius 2 is 2.15 bits per heavy atom. The summed E-state index contributed by atoms with van der Waals surface area (Å²) >= 11 is 0. The molecule has 4 N–H and O–H groups in total. The SMILES string of the molecule is COc1cc(NC(=O)[C@@H]2CC[C@H](CN)O2)ccc1NC(=O)c1cccnc1. The Morgan fingerprint density at radius 3 is 2.81 bits per heavy atom. The number of rotatable bonds is 6. The van der Waals surface area contributed by atoms with Crippen molar-refractivity contribution in [3.8, 4) is 5.75 Å². The van der Waals surface area contributed by atoms with Gasteiger partial charge in [-0.15, -0.1) is 0 Å². The van der Waals surface area contributed by atoms with Gasteiger partial charge in [0.15, 0.2) is 0 Å². The molecule has 0 bridgehead atoms. The summed E-state index contributed by atoms with van der Waals surface area (Å²) in [6.45, 7) is 0.406. The molecule has 0 radical (unpaired) electrons. The minimum atomic E-state index is -0.505. The Balaban J connectivity index is 1.67. The molecule has 1 saturated heterocycles. The molecule has 27 heavy (non-hydrogen) atoms. The van der Waals surface area contributed by atoms with Crippen LogP contribution in [-0.4, -0.2) is 42.7 Å². The normalized spacial score (nSPS) is 18.7. The predicted octanol–water partition coefficient (Wildman–Crippen LogP) is 1.79. The summed E-state index contributed by atoms with van der Waals surface area (Å²) < 4.78 is 10.9. The van der Waals surface area contributed by atoms with E-state index < -0.39 is 6.10 Å². The molecular weight excluding hydrogens is 348 g/mol. The van der Waals surface area contributed by atoms with E-state index in [2.05, 4.69) is 15.6 Å². The number of nitrogens with zero attached hydrogens (tertiary/aromatic N) is 1. The van der Waals surface area contributed by atoms with Gasteiger partial charge in [-0.05, 0) is 37.1 Å². The van der Waals surface area contributed by atoms with Gasteiger partial charge in [0, 0.05) is 30.7 Å². The first-order valence-corrected chi connectivity index (χ1v) is 8.66. The molecule has 0 spiro atoms. The first kappa shape index (κ1) is 18.8. The van der Waals surface area contributed by atoms with Gasteiger partial charge in [0.05, 0.1) is 24.5 Å². The quantitative estimate of drug-likeness (QED) is 0.714. The molecule has 0 saturated carbocycles. The molecular formula is C19H22N4O4. The molecule has 8 heteroatoms. The number of pyridine rings is 1. The average molecular weight is 370 g/mol. The average Bonchev–Trinajstić information content (AvgIpc) is 3.19. The summed E-state index contributed by atoms with van der Waals surface area (Å²) in [7, 11) is 1.49. The number of methoxy groups -OCH3 is 1. The van der Waals surface area contributed by atoms with E-state index in [0.717, 1.165) is 6.42 Å². The fourth-order valence-electron chi connectivity index (χ4n) is 2.86. The van der Waals surface area contributed by atoms with Crippen LogP contribution in [0, 0.1) is 0 Å². The zero-order valence-corrected chi connectivity index (χ0v) is 15.0. The van der Waals surface area contributed by atoms with Crippen LogP contribution in [0.3, 0.4) is 0 Å². The molecule has 0 unspecified atom stereocenters. The molecule has 1 aliphatic heterocycles. The molecule has 1 aromatic carbocycles. The summed E-state index contributed by atoms with van der Waals surface area (Å²) in [4.78, 5) is 28.5. The highest BCUT2D eigenvalue weighted by molar-refractivity contribution is 6.05. The third kappa shape index (κ3) is 4.60. The van der Waals surface area contributed by atoms with E-state index in [4.69, 9.17) is 15.2 Å². The van der Waals surface area contributed by atoms with Crippen LogP contribution >= 0.6 is 0 Å². The van der Waals surface area contributed by atoms with Crippen LogP contribution < -0.4 is 21.1 Å². The highest BCUT2D eigenvalue weighted by Gasteiger charge is 2.29. The standard InChI is InChI=1S/C19H22N4O4/c1-26-17-9-13(22-19(25)16-7-5-14(10-20)27-16)4-6-15(17)23-18(24)12-3-2-8-21-11-12/h2-4,6,8-9,11,14,16H,5,7,10,20H2,1H3,(H,22,25)(H,23,24)/t14-,16+/m1/s1. The number of amides is 2. The van der Waals surface area contributed by atoms with E-state index in [1.54, 1.807) is 36.5 Å². The number of anilines is 2. The van der Waals surface area contributed by atoms with Gasteiger partial charge in [-0.1, -0.05) is 0 Å². The van der Waals surface area contributed by atoms with Crippen molar-refractivity contribution in [1.82, 2.24) is 4.98 Å². The van der Waals surface area contributed by atoms with E-state index in [-0.39, 0.29) is 17.9 Å². The Kier molecular flexibility index (Phi) is 6.00. The van der Waals surface area contributed by atoms with E-state index in [0.29, 0.717) is 35.7 Å². The second-order valence-corrected chi connectivity index (χ2v) is 6.16. The topological polar surface area (TPSA) is 116 Å². The molecule has 1 aromatic heterocycles. The molecule has 3 rings (SSSR count). The van der Waals surface area contributed by atoms with Gasteiger partial charge in [0.25, 0.3) is 11.8 Å². The number of hydrogen-bond acceptors (Lipinski definition) is 6. The maximum Gasteiger partial charge on any atom is 0.257 e. The first-order chi connectivity index (χ1) is 13.1. The summed E-state index contributed by atoms with van der Waals surface area (Å²) in [5.74, 6) is -0.0947. The van der Waals surface area contributed by atoms with Gasteiger partial charge < -0.3 is 25.8 Å². The zero-order valence-electron chi connectivity index (χ0n) is 15.0. The van der Waals surface area contributed by atoms with Gasteiger partial charge in [0.2, 0.25) is 0 Å². The van der Waals surface area contributed by atoms with Crippen molar-refractivity contribution in [2.24, 2.45) is 5.73 Å². The smallest absolute Gasteiger partial charge is 0.257 e. The number of nitrogens with two attached hydrogens (primary N) is 1. The second kappa shape index (κ2) is 8.61. The maximum absolute atomic E-state index is 12.3. The lowest BCUT2D eigenvalue weighted by Gasteiger charge is -2.15. The van der Waals surface area contributed by atoms with Gasteiger partial charge in [-0.2, -0.15) is 0 Å². The second-order valence-electron chi connectivity index (χ2n) is 6.16. The van der Waals surface area contributed by atoms with E-state index >= 15 is 0 Å². The van der Waals surface area contributed by atoms with E-state index in [9.17, 15) is 9.59 Å². The van der Waals surface area contributed by atoms with Crippen LogP contribution in [0.1, 0.15) is 23.2 Å². The van der Waals surface area contributed by atoms with Crippen molar-refractivity contribution in [3.05, 3.63) is 48.3 Å². The number of carbonyl (C=O) groups excluding carboxylic acids is 2. The number of hydrogen-bond donors (Lipinski definition) is 3. The highest BCUT2D eigenvalue weighted by Crippen LogP contribution is 2.29.